The third-order valence-electron chi connectivity index (χ3n) is 3.68. The van der Waals surface area contributed by atoms with Gasteiger partial charge in [-0.25, -0.2) is 0 Å². The molecule has 1 N–H and O–H groups in total. The molecule has 1 aromatic rings. The van der Waals surface area contributed by atoms with Gasteiger partial charge in [-0.15, -0.1) is 11.6 Å². The summed E-state index contributed by atoms with van der Waals surface area (Å²) < 4.78 is 5.19. The maximum absolute atomic E-state index is 12.2. The van der Waals surface area contributed by atoms with E-state index in [1.54, 1.807) is 18.2 Å². The fourth-order valence-corrected chi connectivity index (χ4v) is 3.16. The molecular formula is C15H19Cl2NO2. The van der Waals surface area contributed by atoms with Crippen molar-refractivity contribution in [1.82, 2.24) is 5.32 Å². The molecule has 1 aliphatic carbocycles. The lowest BCUT2D eigenvalue weighted by molar-refractivity contribution is 0.0940. The quantitative estimate of drug-likeness (QED) is 0.856. The van der Waals surface area contributed by atoms with E-state index in [1.165, 1.54) is 7.11 Å². The highest BCUT2D eigenvalue weighted by molar-refractivity contribution is 6.30. The van der Waals surface area contributed by atoms with Crippen LogP contribution in [-0.4, -0.2) is 24.9 Å². The first-order valence-electron chi connectivity index (χ1n) is 6.86. The van der Waals surface area contributed by atoms with Gasteiger partial charge in [0.2, 0.25) is 0 Å². The minimum Gasteiger partial charge on any atom is -0.496 e. The molecule has 2 atom stereocenters. The molecule has 110 valence electrons. The molecular weight excluding hydrogens is 297 g/mol. The van der Waals surface area contributed by atoms with Gasteiger partial charge in [0, 0.05) is 16.9 Å². The molecule has 1 fully saturated rings. The average Bonchev–Trinajstić information content (AvgIpc) is 2.44. The topological polar surface area (TPSA) is 38.3 Å². The van der Waals surface area contributed by atoms with E-state index < -0.39 is 0 Å². The number of hydrogen-bond donors (Lipinski definition) is 1. The minimum absolute atomic E-state index is 0.129. The Morgan fingerprint density at radius 3 is 2.95 bits per heavy atom. The van der Waals surface area contributed by atoms with Crippen LogP contribution < -0.4 is 10.1 Å². The number of amides is 1. The van der Waals surface area contributed by atoms with Crippen molar-refractivity contribution in [3.8, 4) is 5.75 Å². The maximum Gasteiger partial charge on any atom is 0.255 e. The second-order valence-corrected chi connectivity index (χ2v) is 6.24. The van der Waals surface area contributed by atoms with Gasteiger partial charge in [-0.2, -0.15) is 0 Å². The maximum atomic E-state index is 12.2. The largest absolute Gasteiger partial charge is 0.496 e. The zero-order valence-electron chi connectivity index (χ0n) is 11.5. The van der Waals surface area contributed by atoms with Gasteiger partial charge in [0.15, 0.2) is 0 Å². The van der Waals surface area contributed by atoms with Gasteiger partial charge in [-0.3, -0.25) is 4.79 Å². The van der Waals surface area contributed by atoms with Gasteiger partial charge in [0.05, 0.1) is 12.7 Å². The molecule has 0 heterocycles. The summed E-state index contributed by atoms with van der Waals surface area (Å²) in [6, 6.07) is 5.02. The Kier molecular flexibility index (Phi) is 5.55. The number of alkyl halides is 1. The van der Waals surface area contributed by atoms with Gasteiger partial charge in [-0.1, -0.05) is 18.0 Å². The Morgan fingerprint density at radius 1 is 1.45 bits per heavy atom. The summed E-state index contributed by atoms with van der Waals surface area (Å²) in [5, 5.41) is 3.76. The number of methoxy groups -OCH3 is 1. The number of hydrogen-bond acceptors (Lipinski definition) is 2. The normalized spacial score (nSPS) is 22.4. The lowest BCUT2D eigenvalue weighted by atomic mass is 9.89. The summed E-state index contributed by atoms with van der Waals surface area (Å²) in [5.41, 5.74) is 0.509. The van der Waals surface area contributed by atoms with Crippen molar-refractivity contribution >= 4 is 29.1 Å². The van der Waals surface area contributed by atoms with Crippen molar-refractivity contribution in [2.24, 2.45) is 5.92 Å². The zero-order chi connectivity index (χ0) is 14.5. The number of carbonyl (C=O) groups excluding carboxylic acids is 1. The number of rotatable bonds is 4. The van der Waals surface area contributed by atoms with Gasteiger partial charge in [-0.05, 0) is 43.4 Å². The first-order valence-corrected chi connectivity index (χ1v) is 7.67. The van der Waals surface area contributed by atoms with Crippen LogP contribution in [0.2, 0.25) is 5.02 Å². The number of carbonyl (C=O) groups is 1. The predicted molar refractivity (Wildman–Crippen MR) is 81.9 cm³/mol. The predicted octanol–water partition coefficient (Wildman–Crippen LogP) is 3.88. The highest BCUT2D eigenvalue weighted by Crippen LogP contribution is 2.27. The Hall–Kier alpha value is -0.930. The number of ether oxygens (including phenoxy) is 1. The molecule has 0 radical (unpaired) electrons. The van der Waals surface area contributed by atoms with Crippen LogP contribution in [0.4, 0.5) is 0 Å². The van der Waals surface area contributed by atoms with Crippen molar-refractivity contribution in [2.75, 3.05) is 13.7 Å². The lowest BCUT2D eigenvalue weighted by Crippen LogP contribution is -2.32. The monoisotopic (exact) mass is 315 g/mol. The van der Waals surface area contributed by atoms with Crippen molar-refractivity contribution in [3.05, 3.63) is 28.8 Å². The molecule has 2 rings (SSSR count). The van der Waals surface area contributed by atoms with Gasteiger partial charge >= 0.3 is 0 Å². The number of halogens is 2. The third-order valence-corrected chi connectivity index (χ3v) is 4.31. The van der Waals surface area contributed by atoms with Crippen molar-refractivity contribution in [1.29, 1.82) is 0 Å². The zero-order valence-corrected chi connectivity index (χ0v) is 13.0. The van der Waals surface area contributed by atoms with E-state index in [9.17, 15) is 4.79 Å². The summed E-state index contributed by atoms with van der Waals surface area (Å²) in [5.74, 6) is 0.831. The number of nitrogens with one attached hydrogen (secondary N) is 1. The Morgan fingerprint density at radius 2 is 2.25 bits per heavy atom. The molecule has 0 saturated heterocycles. The van der Waals surface area contributed by atoms with Gasteiger partial charge in [0.1, 0.15) is 5.75 Å². The second-order valence-electron chi connectivity index (χ2n) is 5.18. The van der Waals surface area contributed by atoms with E-state index in [1.807, 2.05) is 0 Å². The molecule has 1 aliphatic rings. The first kappa shape index (κ1) is 15.5. The summed E-state index contributed by atoms with van der Waals surface area (Å²) in [6.45, 7) is 0.661. The van der Waals surface area contributed by atoms with Crippen LogP contribution in [-0.2, 0) is 0 Å². The first-order chi connectivity index (χ1) is 9.60. The molecule has 5 heteroatoms. The summed E-state index contributed by atoms with van der Waals surface area (Å²) in [6.07, 6.45) is 4.32. The molecule has 0 bridgehead atoms. The lowest BCUT2D eigenvalue weighted by Gasteiger charge is -2.25. The summed E-state index contributed by atoms with van der Waals surface area (Å²) in [7, 11) is 1.53. The molecule has 0 aliphatic heterocycles. The molecule has 0 spiro atoms. The van der Waals surface area contributed by atoms with Crippen LogP contribution in [0.5, 0.6) is 5.75 Å². The van der Waals surface area contributed by atoms with E-state index >= 15 is 0 Å². The molecule has 20 heavy (non-hydrogen) atoms. The summed E-state index contributed by atoms with van der Waals surface area (Å²) in [4.78, 5) is 12.2. The molecule has 2 unspecified atom stereocenters. The highest BCUT2D eigenvalue weighted by Gasteiger charge is 2.21. The molecule has 1 saturated carbocycles. The van der Waals surface area contributed by atoms with Crippen LogP contribution in [0, 0.1) is 5.92 Å². The van der Waals surface area contributed by atoms with Crippen LogP contribution in [0.1, 0.15) is 36.0 Å². The van der Waals surface area contributed by atoms with Crippen LogP contribution in [0.3, 0.4) is 0 Å². The summed E-state index contributed by atoms with van der Waals surface area (Å²) >= 11 is 12.1. The van der Waals surface area contributed by atoms with E-state index in [2.05, 4.69) is 5.32 Å². The van der Waals surface area contributed by atoms with Crippen molar-refractivity contribution in [2.45, 2.75) is 31.1 Å². The van der Waals surface area contributed by atoms with Gasteiger partial charge in [0.25, 0.3) is 5.91 Å². The molecule has 3 nitrogen and oxygen atoms in total. The Balaban J connectivity index is 1.94. The molecule has 0 aromatic heterocycles. The van der Waals surface area contributed by atoms with Gasteiger partial charge < -0.3 is 10.1 Å². The fourth-order valence-electron chi connectivity index (χ4n) is 2.60. The van der Waals surface area contributed by atoms with E-state index in [0.29, 0.717) is 28.8 Å². The van der Waals surface area contributed by atoms with E-state index in [-0.39, 0.29) is 11.3 Å². The second kappa shape index (κ2) is 7.19. The molecule has 1 aromatic carbocycles. The third kappa shape index (κ3) is 4.03. The Labute approximate surface area is 129 Å². The smallest absolute Gasteiger partial charge is 0.255 e. The Bertz CT molecular complexity index is 479. The van der Waals surface area contributed by atoms with Crippen LogP contribution in [0.25, 0.3) is 0 Å². The number of benzene rings is 1. The molecule has 1 amide bonds. The van der Waals surface area contributed by atoms with E-state index in [4.69, 9.17) is 27.9 Å². The standard InChI is InChI=1S/C15H19Cl2NO2/c1-20-14-8-12(17)5-6-13(14)15(19)18-9-10-3-2-4-11(16)7-10/h5-6,8,10-11H,2-4,7,9H2,1H3,(H,18,19). The van der Waals surface area contributed by atoms with E-state index in [0.717, 1.165) is 25.7 Å². The van der Waals surface area contributed by atoms with Crippen LogP contribution >= 0.6 is 23.2 Å². The van der Waals surface area contributed by atoms with Crippen LogP contribution in [0.15, 0.2) is 18.2 Å². The minimum atomic E-state index is -0.129. The fraction of sp³-hybridized carbons (Fsp3) is 0.533. The van der Waals surface area contributed by atoms with Crippen molar-refractivity contribution < 1.29 is 9.53 Å². The highest BCUT2D eigenvalue weighted by atomic mass is 35.5. The van der Waals surface area contributed by atoms with Crippen molar-refractivity contribution in [3.63, 3.8) is 0 Å². The average molecular weight is 316 g/mol. The SMILES string of the molecule is COc1cc(Cl)ccc1C(=O)NCC1CCCC(Cl)C1.